The minimum atomic E-state index is -4.35. The summed E-state index contributed by atoms with van der Waals surface area (Å²) in [5.41, 5.74) is 2.17. The molecule has 0 bridgehead atoms. The summed E-state index contributed by atoms with van der Waals surface area (Å²) >= 11 is 0. The van der Waals surface area contributed by atoms with Gasteiger partial charge in [-0.2, -0.15) is 13.2 Å². The molecule has 0 saturated carbocycles. The van der Waals surface area contributed by atoms with Gasteiger partial charge in [-0.1, -0.05) is 12.1 Å². The van der Waals surface area contributed by atoms with Crippen molar-refractivity contribution in [3.63, 3.8) is 0 Å². The molecular formula is C29H31F3N4O4. The maximum absolute atomic E-state index is 13.1. The number of benzene rings is 1. The Morgan fingerprint density at radius 3 is 2.48 bits per heavy atom. The summed E-state index contributed by atoms with van der Waals surface area (Å²) in [7, 11) is 0. The number of fused-ring (bicyclic) bond motifs is 1. The molecule has 212 valence electrons. The summed E-state index contributed by atoms with van der Waals surface area (Å²) in [6.45, 7) is 3.63. The van der Waals surface area contributed by atoms with Crippen molar-refractivity contribution in [2.24, 2.45) is 5.41 Å². The monoisotopic (exact) mass is 556 g/mol. The quantitative estimate of drug-likeness (QED) is 0.579. The van der Waals surface area contributed by atoms with Crippen molar-refractivity contribution in [3.8, 4) is 0 Å². The Labute approximate surface area is 229 Å². The number of pyridine rings is 1. The van der Waals surface area contributed by atoms with Crippen molar-refractivity contribution in [1.82, 2.24) is 20.1 Å². The zero-order valence-corrected chi connectivity index (χ0v) is 22.0. The van der Waals surface area contributed by atoms with E-state index in [9.17, 15) is 27.6 Å². The molecule has 11 heteroatoms. The summed E-state index contributed by atoms with van der Waals surface area (Å²) in [4.78, 5) is 45.9. The van der Waals surface area contributed by atoms with E-state index in [0.717, 1.165) is 55.7 Å². The molecule has 3 fully saturated rings. The normalized spacial score (nSPS) is 25.3. The molecule has 6 rings (SSSR count). The van der Waals surface area contributed by atoms with Crippen LogP contribution in [0.1, 0.15) is 70.9 Å². The van der Waals surface area contributed by atoms with Gasteiger partial charge in [0.1, 0.15) is 6.04 Å². The Bertz CT molecular complexity index is 1320. The number of ether oxygens (including phenoxy) is 1. The molecule has 2 unspecified atom stereocenters. The Morgan fingerprint density at radius 1 is 1.02 bits per heavy atom. The van der Waals surface area contributed by atoms with Crippen molar-refractivity contribution in [2.75, 3.05) is 26.3 Å². The van der Waals surface area contributed by atoms with Crippen molar-refractivity contribution < 1.29 is 32.3 Å². The zero-order valence-electron chi connectivity index (χ0n) is 22.0. The predicted molar refractivity (Wildman–Crippen MR) is 137 cm³/mol. The second-order valence-corrected chi connectivity index (χ2v) is 11.4. The number of alkyl halides is 3. The molecule has 0 aliphatic carbocycles. The van der Waals surface area contributed by atoms with E-state index in [1.807, 2.05) is 12.1 Å². The number of piperidine rings is 2. The first-order valence-electron chi connectivity index (χ1n) is 13.7. The van der Waals surface area contributed by atoms with Crippen LogP contribution < -0.4 is 5.32 Å². The molecule has 8 nitrogen and oxygen atoms in total. The number of hydrogen-bond acceptors (Lipinski definition) is 6. The van der Waals surface area contributed by atoms with Crippen LogP contribution in [-0.4, -0.2) is 64.9 Å². The van der Waals surface area contributed by atoms with Crippen LogP contribution in [0, 0.1) is 5.41 Å². The molecule has 1 aromatic heterocycles. The van der Waals surface area contributed by atoms with Gasteiger partial charge >= 0.3 is 6.18 Å². The lowest BCUT2D eigenvalue weighted by molar-refractivity contribution is -0.138. The molecule has 2 aromatic rings. The van der Waals surface area contributed by atoms with Crippen molar-refractivity contribution in [1.29, 1.82) is 0 Å². The lowest BCUT2D eigenvalue weighted by atomic mass is 9.64. The van der Waals surface area contributed by atoms with Gasteiger partial charge in [0.15, 0.2) is 0 Å². The zero-order chi connectivity index (χ0) is 28.1. The third kappa shape index (κ3) is 5.01. The van der Waals surface area contributed by atoms with Gasteiger partial charge in [0, 0.05) is 44.3 Å². The number of nitrogens with one attached hydrogen (secondary N) is 1. The Morgan fingerprint density at radius 2 is 1.77 bits per heavy atom. The van der Waals surface area contributed by atoms with Gasteiger partial charge in [-0.3, -0.25) is 29.6 Å². The fraction of sp³-hybridized carbons (Fsp3) is 0.517. The van der Waals surface area contributed by atoms with E-state index in [0.29, 0.717) is 37.4 Å². The Kier molecular flexibility index (Phi) is 6.90. The predicted octanol–water partition coefficient (Wildman–Crippen LogP) is 3.65. The molecule has 0 radical (unpaired) electrons. The van der Waals surface area contributed by atoms with E-state index >= 15 is 0 Å². The average Bonchev–Trinajstić information content (AvgIpc) is 3.24. The number of hydrogen-bond donors (Lipinski definition) is 1. The first-order chi connectivity index (χ1) is 19.1. The van der Waals surface area contributed by atoms with E-state index in [-0.39, 0.29) is 36.1 Å². The van der Waals surface area contributed by atoms with Crippen LogP contribution in [0.25, 0.3) is 0 Å². The lowest BCUT2D eigenvalue weighted by Crippen LogP contribution is -2.52. The number of likely N-dealkylation sites (tertiary alicyclic amines) is 1. The largest absolute Gasteiger partial charge is 0.416 e. The number of rotatable bonds is 4. The highest BCUT2D eigenvalue weighted by molar-refractivity contribution is 6.05. The Balaban J connectivity index is 1.20. The number of carbonyl (C=O) groups excluding carboxylic acids is 3. The van der Waals surface area contributed by atoms with E-state index in [1.165, 1.54) is 4.90 Å². The van der Waals surface area contributed by atoms with E-state index < -0.39 is 23.7 Å². The standard InChI is InChI=1S/C29H31F3N4O4/c30-29(31,32)19-3-1-18(2-4-19)15-35-12-9-21(28(17-35)10-13-40-14-11-28)22-6-5-20-23(33-22)16-36(27(20)39)24-7-8-25(37)34-26(24)38/h1-6,21,24H,7-17H2,(H,34,37,38). The SMILES string of the molecule is O=C1CCC(N2Cc3nc(C4CCN(Cc5ccc(C(F)(F)F)cc5)CC45CCOCC5)ccc3C2=O)C(=O)N1. The maximum Gasteiger partial charge on any atom is 0.416 e. The first-order valence-corrected chi connectivity index (χ1v) is 13.7. The molecular weight excluding hydrogens is 525 g/mol. The molecule has 40 heavy (non-hydrogen) atoms. The summed E-state index contributed by atoms with van der Waals surface area (Å²) in [5.74, 6) is -0.863. The van der Waals surface area contributed by atoms with Gasteiger partial charge in [-0.25, -0.2) is 0 Å². The van der Waals surface area contributed by atoms with Gasteiger partial charge in [0.2, 0.25) is 11.8 Å². The summed E-state index contributed by atoms with van der Waals surface area (Å²) in [5, 5.41) is 2.33. The Hall–Kier alpha value is -3.31. The second-order valence-electron chi connectivity index (χ2n) is 11.4. The summed E-state index contributed by atoms with van der Waals surface area (Å²) in [6, 6.07) is 8.45. The van der Waals surface area contributed by atoms with Crippen molar-refractivity contribution >= 4 is 17.7 Å². The third-order valence-electron chi connectivity index (χ3n) is 8.94. The third-order valence-corrected chi connectivity index (χ3v) is 8.94. The number of halogens is 3. The molecule has 1 spiro atoms. The lowest BCUT2D eigenvalue weighted by Gasteiger charge is -2.50. The molecule has 4 aliphatic heterocycles. The van der Waals surface area contributed by atoms with Gasteiger partial charge in [-0.05, 0) is 67.5 Å². The van der Waals surface area contributed by atoms with Crippen LogP contribution in [0.2, 0.25) is 0 Å². The maximum atomic E-state index is 13.1. The van der Waals surface area contributed by atoms with Crippen LogP contribution in [0.5, 0.6) is 0 Å². The second kappa shape index (κ2) is 10.3. The van der Waals surface area contributed by atoms with E-state index in [4.69, 9.17) is 9.72 Å². The van der Waals surface area contributed by atoms with Crippen LogP contribution in [0.15, 0.2) is 36.4 Å². The molecule has 1 N–H and O–H groups in total. The van der Waals surface area contributed by atoms with Gasteiger partial charge in [0.25, 0.3) is 5.91 Å². The average molecular weight is 557 g/mol. The fourth-order valence-corrected chi connectivity index (χ4v) is 6.84. The minimum absolute atomic E-state index is 0.102. The number of aromatic nitrogens is 1. The van der Waals surface area contributed by atoms with Crippen molar-refractivity contribution in [2.45, 2.75) is 63.3 Å². The van der Waals surface area contributed by atoms with E-state index in [2.05, 4.69) is 10.2 Å². The van der Waals surface area contributed by atoms with Gasteiger partial charge < -0.3 is 9.64 Å². The smallest absolute Gasteiger partial charge is 0.381 e. The number of nitrogens with zero attached hydrogens (tertiary/aromatic N) is 3. The highest BCUT2D eigenvalue weighted by Gasteiger charge is 2.46. The van der Waals surface area contributed by atoms with Crippen LogP contribution in [0.3, 0.4) is 0 Å². The highest BCUT2D eigenvalue weighted by Crippen LogP contribution is 2.49. The van der Waals surface area contributed by atoms with Gasteiger partial charge in [-0.15, -0.1) is 0 Å². The first kappa shape index (κ1) is 26.9. The van der Waals surface area contributed by atoms with E-state index in [1.54, 1.807) is 12.1 Å². The van der Waals surface area contributed by atoms with Crippen LogP contribution in [0.4, 0.5) is 13.2 Å². The molecule has 3 amide bonds. The molecule has 1 aromatic carbocycles. The number of imide groups is 1. The summed E-state index contributed by atoms with van der Waals surface area (Å²) in [6.07, 6.45) is -1.32. The minimum Gasteiger partial charge on any atom is -0.381 e. The molecule has 5 heterocycles. The molecule has 4 aliphatic rings. The number of amides is 3. The summed E-state index contributed by atoms with van der Waals surface area (Å²) < 4.78 is 44.7. The number of carbonyl (C=O) groups is 3. The van der Waals surface area contributed by atoms with Crippen LogP contribution in [-0.2, 0) is 33.6 Å². The van der Waals surface area contributed by atoms with Crippen molar-refractivity contribution in [3.05, 3.63) is 64.5 Å². The topological polar surface area (TPSA) is 91.8 Å². The van der Waals surface area contributed by atoms with Crippen LogP contribution >= 0.6 is 0 Å². The highest BCUT2D eigenvalue weighted by atomic mass is 19.4. The van der Waals surface area contributed by atoms with Gasteiger partial charge in [0.05, 0.1) is 23.4 Å². The molecule has 2 atom stereocenters. The molecule has 3 saturated heterocycles. The fourth-order valence-electron chi connectivity index (χ4n) is 6.84.